The third kappa shape index (κ3) is 4.60. The fraction of sp³-hybridized carbons (Fsp3) is 0.478. The highest BCUT2D eigenvalue weighted by molar-refractivity contribution is 5.74. The van der Waals surface area contributed by atoms with E-state index in [4.69, 9.17) is 0 Å². The molecule has 30 heavy (non-hydrogen) atoms. The number of alkyl halides is 6. The quantitative estimate of drug-likeness (QED) is 0.485. The Labute approximate surface area is 171 Å². The molecule has 3 rings (SSSR count). The molecule has 0 amide bonds. The van der Waals surface area contributed by atoms with Gasteiger partial charge in [0.05, 0.1) is 5.56 Å². The van der Waals surface area contributed by atoms with Crippen LogP contribution in [0, 0.1) is 5.92 Å². The molecule has 1 aliphatic carbocycles. The zero-order chi connectivity index (χ0) is 22.1. The number of phenols is 1. The summed E-state index contributed by atoms with van der Waals surface area (Å²) in [6, 6.07) is 8.36. The van der Waals surface area contributed by atoms with Crippen LogP contribution in [-0.2, 0) is 12.4 Å². The fourth-order valence-corrected chi connectivity index (χ4v) is 4.59. The van der Waals surface area contributed by atoms with Crippen molar-refractivity contribution in [3.63, 3.8) is 0 Å². The summed E-state index contributed by atoms with van der Waals surface area (Å²) in [5.41, 5.74) is -4.36. The van der Waals surface area contributed by atoms with E-state index in [2.05, 4.69) is 6.92 Å². The van der Waals surface area contributed by atoms with Gasteiger partial charge in [0.15, 0.2) is 0 Å². The van der Waals surface area contributed by atoms with Crippen molar-refractivity contribution in [2.45, 2.75) is 63.7 Å². The van der Waals surface area contributed by atoms with Gasteiger partial charge >= 0.3 is 12.4 Å². The Hall–Kier alpha value is -2.18. The number of phenolic OH excluding ortho intramolecular Hbond substituents is 1. The number of aromatic hydroxyl groups is 1. The summed E-state index contributed by atoms with van der Waals surface area (Å²) in [4.78, 5) is 0. The van der Waals surface area contributed by atoms with Crippen molar-refractivity contribution in [1.82, 2.24) is 0 Å². The van der Waals surface area contributed by atoms with Gasteiger partial charge in [0.25, 0.3) is 0 Å². The minimum absolute atomic E-state index is 0.0378. The van der Waals surface area contributed by atoms with Crippen LogP contribution < -0.4 is 0 Å². The van der Waals surface area contributed by atoms with Crippen LogP contribution in [-0.4, -0.2) is 5.11 Å². The molecule has 1 fully saturated rings. The first kappa shape index (κ1) is 22.5. The van der Waals surface area contributed by atoms with Gasteiger partial charge < -0.3 is 5.11 Å². The van der Waals surface area contributed by atoms with Crippen LogP contribution in [0.5, 0.6) is 5.75 Å². The number of hydrogen-bond acceptors (Lipinski definition) is 1. The molecule has 1 saturated carbocycles. The van der Waals surface area contributed by atoms with Gasteiger partial charge in [-0.2, -0.15) is 26.3 Å². The van der Waals surface area contributed by atoms with Gasteiger partial charge in [-0.05, 0) is 60.3 Å². The third-order valence-electron chi connectivity index (χ3n) is 5.96. The van der Waals surface area contributed by atoms with E-state index in [0.717, 1.165) is 31.7 Å². The lowest BCUT2D eigenvalue weighted by molar-refractivity contribution is -0.162. The van der Waals surface area contributed by atoms with Gasteiger partial charge in [-0.25, -0.2) is 0 Å². The SMILES string of the molecule is CCCC1CCC(c2cc(-c3ccccc3)c(C(F)(F)F)c(C(F)(F)F)c2O)CC1. The Morgan fingerprint density at radius 2 is 1.43 bits per heavy atom. The molecule has 1 nitrogen and oxygen atoms in total. The summed E-state index contributed by atoms with van der Waals surface area (Å²) < 4.78 is 82.8. The van der Waals surface area contributed by atoms with E-state index in [1.54, 1.807) is 6.07 Å². The normalized spacial score (nSPS) is 20.4. The Morgan fingerprint density at radius 3 is 1.93 bits per heavy atom. The largest absolute Gasteiger partial charge is 0.507 e. The van der Waals surface area contributed by atoms with Gasteiger partial charge in [-0.3, -0.25) is 0 Å². The van der Waals surface area contributed by atoms with Crippen molar-refractivity contribution >= 4 is 0 Å². The van der Waals surface area contributed by atoms with E-state index in [1.807, 2.05) is 0 Å². The molecule has 0 bridgehead atoms. The predicted octanol–water partition coefficient (Wildman–Crippen LogP) is 8.17. The fourth-order valence-electron chi connectivity index (χ4n) is 4.59. The average Bonchev–Trinajstić information content (AvgIpc) is 2.67. The van der Waals surface area contributed by atoms with Crippen LogP contribution in [0.1, 0.15) is 68.1 Å². The standard InChI is InChI=1S/C23H24F6O/c1-2-6-14-9-11-16(12-10-14)18-13-17(15-7-4-3-5-8-15)19(22(24,25)26)20(21(18)30)23(27,28)29/h3-5,7-8,13-14,16,30H,2,6,9-12H2,1H3. The molecule has 2 aromatic carbocycles. The molecule has 0 aromatic heterocycles. The lowest BCUT2D eigenvalue weighted by Crippen LogP contribution is -2.21. The van der Waals surface area contributed by atoms with Crippen LogP contribution in [0.25, 0.3) is 11.1 Å². The molecular weight excluding hydrogens is 406 g/mol. The third-order valence-corrected chi connectivity index (χ3v) is 5.96. The summed E-state index contributed by atoms with van der Waals surface area (Å²) in [5.74, 6) is -1.21. The highest BCUT2D eigenvalue weighted by atomic mass is 19.4. The number of benzene rings is 2. The zero-order valence-electron chi connectivity index (χ0n) is 16.6. The molecule has 0 aliphatic heterocycles. The Bertz CT molecular complexity index is 862. The van der Waals surface area contributed by atoms with Gasteiger partial charge in [0, 0.05) is 0 Å². The van der Waals surface area contributed by atoms with Crippen LogP contribution >= 0.6 is 0 Å². The second kappa shape index (κ2) is 8.52. The van der Waals surface area contributed by atoms with Crippen LogP contribution in [0.4, 0.5) is 26.3 Å². The van der Waals surface area contributed by atoms with Gasteiger partial charge in [-0.1, -0.05) is 50.1 Å². The van der Waals surface area contributed by atoms with E-state index in [-0.39, 0.29) is 11.1 Å². The van der Waals surface area contributed by atoms with Gasteiger partial charge in [0.2, 0.25) is 0 Å². The topological polar surface area (TPSA) is 20.2 Å². The van der Waals surface area contributed by atoms with Gasteiger partial charge in [0.1, 0.15) is 11.3 Å². The molecule has 0 spiro atoms. The van der Waals surface area contributed by atoms with Crippen molar-refractivity contribution in [2.75, 3.05) is 0 Å². The maximum atomic E-state index is 13.8. The molecule has 0 heterocycles. The first-order valence-electron chi connectivity index (χ1n) is 10.1. The van der Waals surface area contributed by atoms with Crippen molar-refractivity contribution in [3.05, 3.63) is 53.1 Å². The molecule has 164 valence electrons. The second-order valence-corrected chi connectivity index (χ2v) is 7.98. The minimum Gasteiger partial charge on any atom is -0.507 e. The maximum Gasteiger partial charge on any atom is 0.420 e. The lowest BCUT2D eigenvalue weighted by atomic mass is 9.75. The number of hydrogen-bond donors (Lipinski definition) is 1. The Balaban J connectivity index is 2.20. The minimum atomic E-state index is -5.34. The van der Waals surface area contributed by atoms with Crippen molar-refractivity contribution < 1.29 is 31.4 Å². The monoisotopic (exact) mass is 430 g/mol. The zero-order valence-corrected chi connectivity index (χ0v) is 16.6. The summed E-state index contributed by atoms with van der Waals surface area (Å²) in [5, 5.41) is 10.4. The first-order chi connectivity index (χ1) is 14.0. The van der Waals surface area contributed by atoms with E-state index < -0.39 is 40.7 Å². The van der Waals surface area contributed by atoms with E-state index in [1.165, 1.54) is 24.3 Å². The van der Waals surface area contributed by atoms with Gasteiger partial charge in [-0.15, -0.1) is 0 Å². The highest BCUT2D eigenvalue weighted by Gasteiger charge is 2.48. The summed E-state index contributed by atoms with van der Waals surface area (Å²) in [6.45, 7) is 2.07. The van der Waals surface area contributed by atoms with Crippen molar-refractivity contribution in [3.8, 4) is 16.9 Å². The van der Waals surface area contributed by atoms with E-state index in [0.29, 0.717) is 18.8 Å². The second-order valence-electron chi connectivity index (χ2n) is 7.98. The van der Waals surface area contributed by atoms with E-state index in [9.17, 15) is 31.4 Å². The smallest absolute Gasteiger partial charge is 0.420 e. The molecule has 0 radical (unpaired) electrons. The average molecular weight is 430 g/mol. The molecule has 1 aliphatic rings. The van der Waals surface area contributed by atoms with Crippen LogP contribution in [0.2, 0.25) is 0 Å². The summed E-state index contributed by atoms with van der Waals surface area (Å²) in [7, 11) is 0. The summed E-state index contributed by atoms with van der Waals surface area (Å²) in [6.07, 6.45) is -5.89. The molecule has 1 N–H and O–H groups in total. The molecule has 0 atom stereocenters. The lowest BCUT2D eigenvalue weighted by Gasteiger charge is -2.31. The summed E-state index contributed by atoms with van der Waals surface area (Å²) >= 11 is 0. The molecule has 2 aromatic rings. The van der Waals surface area contributed by atoms with Crippen LogP contribution in [0.15, 0.2) is 36.4 Å². The number of rotatable bonds is 4. The first-order valence-corrected chi connectivity index (χ1v) is 10.1. The van der Waals surface area contributed by atoms with Crippen molar-refractivity contribution in [2.24, 2.45) is 5.92 Å². The number of halogens is 6. The predicted molar refractivity (Wildman–Crippen MR) is 103 cm³/mol. The van der Waals surface area contributed by atoms with E-state index >= 15 is 0 Å². The molecule has 7 heteroatoms. The maximum absolute atomic E-state index is 13.8. The molecule has 0 unspecified atom stereocenters. The Kier molecular flexibility index (Phi) is 6.39. The molecule has 0 saturated heterocycles. The highest BCUT2D eigenvalue weighted by Crippen LogP contribution is 2.53. The van der Waals surface area contributed by atoms with Crippen molar-refractivity contribution in [1.29, 1.82) is 0 Å². The molecular formula is C23H24F6O. The Morgan fingerprint density at radius 1 is 0.867 bits per heavy atom. The van der Waals surface area contributed by atoms with Crippen LogP contribution in [0.3, 0.4) is 0 Å².